The van der Waals surface area contributed by atoms with Crippen LogP contribution in [0.4, 0.5) is 10.1 Å². The fourth-order valence-electron chi connectivity index (χ4n) is 3.31. The van der Waals surface area contributed by atoms with E-state index < -0.39 is 5.82 Å². The smallest absolute Gasteiger partial charge is 0.262 e. The fourth-order valence-corrected chi connectivity index (χ4v) is 3.31. The minimum absolute atomic E-state index is 0.0484. The molecule has 2 amide bonds. The van der Waals surface area contributed by atoms with Crippen molar-refractivity contribution in [3.8, 4) is 5.75 Å². The second kappa shape index (κ2) is 7.39. The quantitative estimate of drug-likeness (QED) is 0.882. The van der Waals surface area contributed by atoms with Crippen molar-refractivity contribution in [3.05, 3.63) is 59.4 Å². The third kappa shape index (κ3) is 4.10. The molecule has 1 N–H and O–H groups in total. The van der Waals surface area contributed by atoms with Gasteiger partial charge in [0, 0.05) is 24.7 Å². The molecule has 1 saturated carbocycles. The van der Waals surface area contributed by atoms with Crippen molar-refractivity contribution in [2.75, 3.05) is 18.5 Å². The molecule has 5 nitrogen and oxygen atoms in total. The van der Waals surface area contributed by atoms with Crippen molar-refractivity contribution in [2.24, 2.45) is 5.92 Å². The average Bonchev–Trinajstić information content (AvgIpc) is 3.51. The second-order valence-electron chi connectivity index (χ2n) is 7.03. The summed E-state index contributed by atoms with van der Waals surface area (Å²) < 4.78 is 18.8. The minimum atomic E-state index is -0.500. The first-order valence-electron chi connectivity index (χ1n) is 9.18. The fraction of sp³-hybridized carbons (Fsp3) is 0.333. The highest BCUT2D eigenvalue weighted by atomic mass is 19.1. The summed E-state index contributed by atoms with van der Waals surface area (Å²) >= 11 is 0. The molecule has 2 aromatic carbocycles. The molecule has 1 fully saturated rings. The van der Waals surface area contributed by atoms with E-state index in [0.29, 0.717) is 12.2 Å². The van der Waals surface area contributed by atoms with Crippen molar-refractivity contribution < 1.29 is 18.7 Å². The summed E-state index contributed by atoms with van der Waals surface area (Å²) in [6, 6.07) is 11.7. The van der Waals surface area contributed by atoms with Crippen LogP contribution in [-0.2, 0) is 22.6 Å². The number of rotatable bonds is 5. The molecular formula is C21H21FN2O3. The molecule has 2 aromatic rings. The molecule has 4 rings (SSSR count). The number of amides is 2. The Morgan fingerprint density at radius 3 is 2.74 bits per heavy atom. The van der Waals surface area contributed by atoms with Gasteiger partial charge in [0.1, 0.15) is 0 Å². The van der Waals surface area contributed by atoms with Gasteiger partial charge >= 0.3 is 0 Å². The molecule has 6 heteroatoms. The average molecular weight is 368 g/mol. The van der Waals surface area contributed by atoms with E-state index in [1.54, 1.807) is 12.1 Å². The van der Waals surface area contributed by atoms with E-state index in [1.165, 1.54) is 17.7 Å². The minimum Gasteiger partial charge on any atom is -0.481 e. The summed E-state index contributed by atoms with van der Waals surface area (Å²) in [6.45, 7) is 1.06. The van der Waals surface area contributed by atoms with Gasteiger partial charge in [0.15, 0.2) is 18.2 Å². The van der Waals surface area contributed by atoms with Crippen molar-refractivity contribution in [1.82, 2.24) is 4.90 Å². The van der Waals surface area contributed by atoms with Crippen molar-refractivity contribution in [3.63, 3.8) is 0 Å². The summed E-state index contributed by atoms with van der Waals surface area (Å²) in [7, 11) is 0. The third-order valence-corrected chi connectivity index (χ3v) is 4.94. The van der Waals surface area contributed by atoms with Gasteiger partial charge in [0.2, 0.25) is 5.91 Å². The molecule has 0 aromatic heterocycles. The van der Waals surface area contributed by atoms with Gasteiger partial charge in [-0.25, -0.2) is 4.39 Å². The lowest BCUT2D eigenvalue weighted by atomic mass is 9.98. The van der Waals surface area contributed by atoms with Gasteiger partial charge in [-0.3, -0.25) is 9.59 Å². The maximum absolute atomic E-state index is 13.5. The van der Waals surface area contributed by atoms with E-state index in [1.807, 2.05) is 23.1 Å². The number of carbonyl (C=O) groups excluding carboxylic acids is 2. The number of anilines is 1. The van der Waals surface area contributed by atoms with E-state index in [9.17, 15) is 14.0 Å². The lowest BCUT2D eigenvalue weighted by Crippen LogP contribution is -2.36. The van der Waals surface area contributed by atoms with Crippen LogP contribution in [0.5, 0.6) is 5.75 Å². The summed E-state index contributed by atoms with van der Waals surface area (Å²) in [6.07, 6.45) is 2.83. The lowest BCUT2D eigenvalue weighted by molar-refractivity contribution is -0.133. The van der Waals surface area contributed by atoms with E-state index in [0.717, 1.165) is 31.4 Å². The Morgan fingerprint density at radius 1 is 1.15 bits per heavy atom. The van der Waals surface area contributed by atoms with Crippen molar-refractivity contribution in [1.29, 1.82) is 0 Å². The highest BCUT2D eigenvalue weighted by molar-refractivity contribution is 5.92. The summed E-state index contributed by atoms with van der Waals surface area (Å²) in [5, 5.41) is 2.77. The molecule has 2 aliphatic rings. The van der Waals surface area contributed by atoms with Gasteiger partial charge in [0.05, 0.1) is 0 Å². The molecule has 0 atom stereocenters. The number of hydrogen-bond donors (Lipinski definition) is 1. The molecule has 0 radical (unpaired) electrons. The van der Waals surface area contributed by atoms with Crippen LogP contribution in [0, 0.1) is 11.7 Å². The lowest BCUT2D eigenvalue weighted by Gasteiger charge is -2.29. The Hall–Kier alpha value is -2.89. The number of nitrogens with zero attached hydrogens (tertiary/aromatic N) is 1. The SMILES string of the molecule is O=C(COc1ccccc1F)Nc1ccc2c(c1)CN(C(=O)C1CC1)CC2. The van der Waals surface area contributed by atoms with Crippen LogP contribution in [0.15, 0.2) is 42.5 Å². The van der Waals surface area contributed by atoms with E-state index in [4.69, 9.17) is 4.74 Å². The molecular weight excluding hydrogens is 347 g/mol. The number of benzene rings is 2. The molecule has 27 heavy (non-hydrogen) atoms. The molecule has 0 spiro atoms. The van der Waals surface area contributed by atoms with E-state index in [2.05, 4.69) is 5.32 Å². The predicted octanol–water partition coefficient (Wildman–Crippen LogP) is 3.14. The Labute approximate surface area is 157 Å². The van der Waals surface area contributed by atoms with Crippen LogP contribution in [-0.4, -0.2) is 29.9 Å². The first kappa shape index (κ1) is 17.5. The van der Waals surface area contributed by atoms with Crippen LogP contribution in [0.25, 0.3) is 0 Å². The second-order valence-corrected chi connectivity index (χ2v) is 7.03. The molecule has 140 valence electrons. The van der Waals surface area contributed by atoms with Crippen LogP contribution in [0.1, 0.15) is 24.0 Å². The van der Waals surface area contributed by atoms with Crippen molar-refractivity contribution in [2.45, 2.75) is 25.8 Å². The van der Waals surface area contributed by atoms with Gasteiger partial charge in [0.25, 0.3) is 5.91 Å². The Balaban J connectivity index is 1.37. The zero-order chi connectivity index (χ0) is 18.8. The molecule has 0 saturated heterocycles. The monoisotopic (exact) mass is 368 g/mol. The van der Waals surface area contributed by atoms with Gasteiger partial charge < -0.3 is 15.0 Å². The number of hydrogen-bond acceptors (Lipinski definition) is 3. The number of para-hydroxylation sites is 1. The summed E-state index contributed by atoms with van der Waals surface area (Å²) in [5.74, 6) is -0.356. The number of halogens is 1. The predicted molar refractivity (Wildman–Crippen MR) is 98.8 cm³/mol. The van der Waals surface area contributed by atoms with Gasteiger partial charge in [-0.05, 0) is 54.7 Å². The normalized spacial score (nSPS) is 15.8. The van der Waals surface area contributed by atoms with Gasteiger partial charge in [-0.1, -0.05) is 18.2 Å². The van der Waals surface area contributed by atoms with Gasteiger partial charge in [-0.15, -0.1) is 0 Å². The van der Waals surface area contributed by atoms with Crippen molar-refractivity contribution >= 4 is 17.5 Å². The summed E-state index contributed by atoms with van der Waals surface area (Å²) in [5.41, 5.74) is 2.91. The number of fused-ring (bicyclic) bond motifs is 1. The molecule has 1 aliphatic heterocycles. The van der Waals surface area contributed by atoms with E-state index >= 15 is 0 Å². The van der Waals surface area contributed by atoms with Gasteiger partial charge in [-0.2, -0.15) is 0 Å². The largest absolute Gasteiger partial charge is 0.481 e. The maximum atomic E-state index is 13.5. The highest BCUT2D eigenvalue weighted by Gasteiger charge is 2.34. The third-order valence-electron chi connectivity index (χ3n) is 4.94. The van der Waals surface area contributed by atoms with Crippen LogP contribution >= 0.6 is 0 Å². The molecule has 1 aliphatic carbocycles. The molecule has 1 heterocycles. The topological polar surface area (TPSA) is 58.6 Å². The zero-order valence-electron chi connectivity index (χ0n) is 14.9. The Bertz CT molecular complexity index is 879. The Kier molecular flexibility index (Phi) is 4.79. The molecule has 0 bridgehead atoms. The number of nitrogens with one attached hydrogen (secondary N) is 1. The standard InChI is InChI=1S/C21H21FN2O3/c22-18-3-1-2-4-19(18)27-13-20(25)23-17-8-7-14-9-10-24(12-16(14)11-17)21(26)15-5-6-15/h1-4,7-8,11,15H,5-6,9-10,12-13H2,(H,23,25). The van der Waals surface area contributed by atoms with Crippen LogP contribution in [0.2, 0.25) is 0 Å². The number of ether oxygens (including phenoxy) is 1. The first-order valence-corrected chi connectivity index (χ1v) is 9.18. The van der Waals surface area contributed by atoms with Crippen LogP contribution < -0.4 is 10.1 Å². The first-order chi connectivity index (χ1) is 13.1. The number of carbonyl (C=O) groups is 2. The zero-order valence-corrected chi connectivity index (χ0v) is 14.9. The molecule has 0 unspecified atom stereocenters. The highest BCUT2D eigenvalue weighted by Crippen LogP contribution is 2.33. The Morgan fingerprint density at radius 2 is 1.96 bits per heavy atom. The summed E-state index contributed by atoms with van der Waals surface area (Å²) in [4.78, 5) is 26.3. The maximum Gasteiger partial charge on any atom is 0.262 e. The van der Waals surface area contributed by atoms with Crippen LogP contribution in [0.3, 0.4) is 0 Å². The van der Waals surface area contributed by atoms with E-state index in [-0.39, 0.29) is 30.1 Å².